The zero-order valence-corrected chi connectivity index (χ0v) is 14.3. The van der Waals surface area contributed by atoms with Gasteiger partial charge in [-0.15, -0.1) is 0 Å². The number of amides is 2. The zero-order valence-electron chi connectivity index (χ0n) is 12.0. The molecule has 23 heavy (non-hydrogen) atoms. The van der Waals surface area contributed by atoms with Crippen molar-refractivity contribution in [3.05, 3.63) is 50.6 Å². The summed E-state index contributed by atoms with van der Waals surface area (Å²) >= 11 is 13.2. The van der Waals surface area contributed by atoms with E-state index in [0.717, 1.165) is 0 Å². The van der Waals surface area contributed by atoms with Crippen LogP contribution in [0.2, 0.25) is 10.0 Å². The van der Waals surface area contributed by atoms with Crippen molar-refractivity contribution < 1.29 is 14.3 Å². The lowest BCUT2D eigenvalue weighted by molar-refractivity contribution is -0.122. The van der Waals surface area contributed by atoms with Gasteiger partial charge in [-0.2, -0.15) is 11.3 Å². The van der Waals surface area contributed by atoms with Crippen LogP contribution >= 0.6 is 34.5 Å². The number of thiophene rings is 1. The van der Waals surface area contributed by atoms with E-state index in [2.05, 4.69) is 10.9 Å². The largest absolute Gasteiger partial charge is 0.492 e. The lowest BCUT2D eigenvalue weighted by Gasteiger charge is -2.09. The maximum atomic E-state index is 11.6. The van der Waals surface area contributed by atoms with E-state index in [1.165, 1.54) is 11.3 Å². The molecule has 2 amide bonds. The van der Waals surface area contributed by atoms with Crippen molar-refractivity contribution in [3.63, 3.8) is 0 Å². The van der Waals surface area contributed by atoms with Crippen LogP contribution in [0.1, 0.15) is 23.2 Å². The van der Waals surface area contributed by atoms with Gasteiger partial charge in [0, 0.05) is 16.8 Å². The van der Waals surface area contributed by atoms with Gasteiger partial charge in [-0.25, -0.2) is 0 Å². The summed E-state index contributed by atoms with van der Waals surface area (Å²) in [6.07, 6.45) is 0.703. The standard InChI is InChI=1S/C15H14Cl2N2O3S/c16-11-3-4-13(12(17)8-11)22-6-1-2-14(20)18-19-15(21)10-5-7-23-9-10/h3-5,7-9H,1-2,6H2,(H,18,20)(H,19,21). The number of rotatable bonds is 6. The summed E-state index contributed by atoms with van der Waals surface area (Å²) in [4.78, 5) is 23.2. The molecule has 0 aliphatic rings. The summed E-state index contributed by atoms with van der Waals surface area (Å²) in [5.41, 5.74) is 5.22. The molecule has 2 N–H and O–H groups in total. The Balaban J connectivity index is 1.64. The van der Waals surface area contributed by atoms with E-state index < -0.39 is 0 Å². The molecule has 5 nitrogen and oxygen atoms in total. The number of ether oxygens (including phenoxy) is 1. The minimum atomic E-state index is -0.344. The molecule has 2 aromatic rings. The highest BCUT2D eigenvalue weighted by molar-refractivity contribution is 7.08. The third-order valence-electron chi connectivity index (χ3n) is 2.80. The molecule has 0 aliphatic heterocycles. The summed E-state index contributed by atoms with van der Waals surface area (Å²) in [5, 5.41) is 4.44. The molecular formula is C15H14Cl2N2O3S. The van der Waals surface area contributed by atoms with E-state index in [1.807, 2.05) is 0 Å². The maximum Gasteiger partial charge on any atom is 0.270 e. The first-order valence-electron chi connectivity index (χ1n) is 6.75. The van der Waals surface area contributed by atoms with Crippen LogP contribution in [0.5, 0.6) is 5.75 Å². The summed E-state index contributed by atoms with van der Waals surface area (Å²) in [5.74, 6) is -0.120. The van der Waals surface area contributed by atoms with Crippen molar-refractivity contribution in [1.29, 1.82) is 0 Å². The first kappa shape index (κ1) is 17.6. The minimum Gasteiger partial charge on any atom is -0.492 e. The molecule has 0 spiro atoms. The van der Waals surface area contributed by atoms with Crippen molar-refractivity contribution >= 4 is 46.4 Å². The fourth-order valence-corrected chi connectivity index (χ4v) is 2.76. The SMILES string of the molecule is O=C(CCCOc1ccc(Cl)cc1Cl)NNC(=O)c1ccsc1. The molecule has 0 saturated heterocycles. The number of hydrazine groups is 1. The summed E-state index contributed by atoms with van der Waals surface area (Å²) in [7, 11) is 0. The lowest BCUT2D eigenvalue weighted by atomic mass is 10.3. The zero-order chi connectivity index (χ0) is 16.7. The first-order valence-corrected chi connectivity index (χ1v) is 8.45. The summed E-state index contributed by atoms with van der Waals surface area (Å²) in [6, 6.07) is 6.61. The highest BCUT2D eigenvalue weighted by Crippen LogP contribution is 2.27. The highest BCUT2D eigenvalue weighted by atomic mass is 35.5. The van der Waals surface area contributed by atoms with Crippen LogP contribution in [-0.4, -0.2) is 18.4 Å². The predicted molar refractivity (Wildman–Crippen MR) is 91.1 cm³/mol. The van der Waals surface area contributed by atoms with Crippen LogP contribution in [0.4, 0.5) is 0 Å². The summed E-state index contributed by atoms with van der Waals surface area (Å²) < 4.78 is 5.47. The van der Waals surface area contributed by atoms with Crippen LogP contribution in [0.15, 0.2) is 35.0 Å². The number of carbonyl (C=O) groups excluding carboxylic acids is 2. The van der Waals surface area contributed by atoms with Gasteiger partial charge in [-0.05, 0) is 36.1 Å². The van der Waals surface area contributed by atoms with Gasteiger partial charge in [0.2, 0.25) is 5.91 Å². The highest BCUT2D eigenvalue weighted by Gasteiger charge is 2.08. The van der Waals surface area contributed by atoms with Crippen LogP contribution in [0.3, 0.4) is 0 Å². The van der Waals surface area contributed by atoms with Gasteiger partial charge in [0.1, 0.15) is 5.75 Å². The van der Waals surface area contributed by atoms with E-state index in [9.17, 15) is 9.59 Å². The van der Waals surface area contributed by atoms with Crippen molar-refractivity contribution in [2.75, 3.05) is 6.61 Å². The Kier molecular flexibility index (Phi) is 6.70. The third kappa shape index (κ3) is 5.74. The quantitative estimate of drug-likeness (QED) is 0.600. The molecule has 1 heterocycles. The van der Waals surface area contributed by atoms with Gasteiger partial charge in [0.25, 0.3) is 5.91 Å². The molecule has 1 aromatic heterocycles. The van der Waals surface area contributed by atoms with E-state index in [4.69, 9.17) is 27.9 Å². The van der Waals surface area contributed by atoms with Gasteiger partial charge in [0.15, 0.2) is 0 Å². The van der Waals surface area contributed by atoms with Crippen LogP contribution in [-0.2, 0) is 4.79 Å². The van der Waals surface area contributed by atoms with E-state index in [-0.39, 0.29) is 18.2 Å². The molecule has 8 heteroatoms. The molecule has 0 radical (unpaired) electrons. The van der Waals surface area contributed by atoms with Crippen LogP contribution in [0, 0.1) is 0 Å². The lowest BCUT2D eigenvalue weighted by Crippen LogP contribution is -2.41. The molecule has 122 valence electrons. The second-order valence-electron chi connectivity index (χ2n) is 4.54. The molecular weight excluding hydrogens is 359 g/mol. The minimum absolute atomic E-state index is 0.217. The number of benzene rings is 1. The number of hydrogen-bond donors (Lipinski definition) is 2. The Labute approximate surface area is 147 Å². The molecule has 0 fully saturated rings. The van der Waals surface area contributed by atoms with E-state index in [1.54, 1.807) is 35.0 Å². The van der Waals surface area contributed by atoms with E-state index >= 15 is 0 Å². The fourth-order valence-electron chi connectivity index (χ4n) is 1.66. The van der Waals surface area contributed by atoms with Gasteiger partial charge >= 0.3 is 0 Å². The van der Waals surface area contributed by atoms with Crippen LogP contribution in [0.25, 0.3) is 0 Å². The predicted octanol–water partition coefficient (Wildman–Crippen LogP) is 3.68. The number of halogens is 2. The van der Waals surface area contributed by atoms with E-state index in [0.29, 0.717) is 34.4 Å². The van der Waals surface area contributed by atoms with Gasteiger partial charge in [-0.1, -0.05) is 23.2 Å². The van der Waals surface area contributed by atoms with Crippen LogP contribution < -0.4 is 15.6 Å². The Morgan fingerprint density at radius 2 is 2.00 bits per heavy atom. The van der Waals surface area contributed by atoms with Crippen molar-refractivity contribution in [3.8, 4) is 5.75 Å². The average molecular weight is 373 g/mol. The second-order valence-corrected chi connectivity index (χ2v) is 6.16. The van der Waals surface area contributed by atoms with Gasteiger partial charge in [0.05, 0.1) is 17.2 Å². The van der Waals surface area contributed by atoms with Gasteiger partial charge in [-0.3, -0.25) is 20.4 Å². The average Bonchev–Trinajstić information content (AvgIpc) is 3.05. The normalized spacial score (nSPS) is 10.2. The monoisotopic (exact) mass is 372 g/mol. The van der Waals surface area contributed by atoms with Crippen molar-refractivity contribution in [1.82, 2.24) is 10.9 Å². The van der Waals surface area contributed by atoms with Gasteiger partial charge < -0.3 is 4.74 Å². The molecule has 2 rings (SSSR count). The molecule has 0 atom stereocenters. The Morgan fingerprint density at radius 3 is 2.70 bits per heavy atom. The second kappa shape index (κ2) is 8.76. The number of hydrogen-bond acceptors (Lipinski definition) is 4. The Morgan fingerprint density at radius 1 is 1.17 bits per heavy atom. The molecule has 0 aliphatic carbocycles. The fraction of sp³-hybridized carbons (Fsp3) is 0.200. The first-order chi connectivity index (χ1) is 11.1. The smallest absolute Gasteiger partial charge is 0.270 e. The Hall–Kier alpha value is -1.76. The molecule has 0 unspecified atom stereocenters. The number of carbonyl (C=O) groups is 2. The molecule has 0 bridgehead atoms. The maximum absolute atomic E-state index is 11.6. The molecule has 1 aromatic carbocycles. The topological polar surface area (TPSA) is 67.4 Å². The molecule has 0 saturated carbocycles. The third-order valence-corrected chi connectivity index (χ3v) is 4.01. The number of nitrogens with one attached hydrogen (secondary N) is 2. The van der Waals surface area contributed by atoms with Crippen molar-refractivity contribution in [2.24, 2.45) is 0 Å². The Bertz CT molecular complexity index is 677. The summed E-state index contributed by atoms with van der Waals surface area (Å²) in [6.45, 7) is 0.327. The van der Waals surface area contributed by atoms with Crippen molar-refractivity contribution in [2.45, 2.75) is 12.8 Å².